The lowest BCUT2D eigenvalue weighted by Crippen LogP contribution is -2.23. The Labute approximate surface area is 230 Å². The molecule has 3 fully saturated rings. The van der Waals surface area contributed by atoms with Crippen LogP contribution in [-0.2, 0) is 6.18 Å². The number of rotatable bonds is 7. The molecule has 2 unspecified atom stereocenters. The van der Waals surface area contributed by atoms with Gasteiger partial charge in [0.15, 0.2) is 10.8 Å². The predicted octanol–water partition coefficient (Wildman–Crippen LogP) is 6.34. The van der Waals surface area contributed by atoms with Crippen molar-refractivity contribution in [1.29, 1.82) is 0 Å². The molecule has 1 aromatic carbocycles. The number of hydrogen-bond donors (Lipinski definition) is 1. The van der Waals surface area contributed by atoms with Gasteiger partial charge >= 0.3 is 12.1 Å². The summed E-state index contributed by atoms with van der Waals surface area (Å²) < 4.78 is 52.2. The van der Waals surface area contributed by atoms with Crippen LogP contribution < -0.4 is 9.64 Å². The van der Waals surface area contributed by atoms with E-state index in [0.717, 1.165) is 37.1 Å². The van der Waals surface area contributed by atoms with Crippen LogP contribution in [0.5, 0.6) is 5.75 Å². The van der Waals surface area contributed by atoms with E-state index in [4.69, 9.17) is 9.26 Å². The van der Waals surface area contributed by atoms with Crippen LogP contribution in [0.1, 0.15) is 46.1 Å². The highest BCUT2D eigenvalue weighted by atomic mass is 32.1. The van der Waals surface area contributed by atoms with Gasteiger partial charge in [-0.05, 0) is 36.7 Å². The van der Waals surface area contributed by atoms with Gasteiger partial charge in [0.1, 0.15) is 27.6 Å². The smallest absolute Gasteiger partial charge is 0.417 e. The number of aromatic carboxylic acids is 1. The predicted molar refractivity (Wildman–Crippen MR) is 142 cm³/mol. The Morgan fingerprint density at radius 2 is 1.95 bits per heavy atom. The van der Waals surface area contributed by atoms with E-state index in [0.29, 0.717) is 45.2 Å². The van der Waals surface area contributed by atoms with E-state index >= 15 is 0 Å². The molecule has 1 N–H and O–H groups in total. The summed E-state index contributed by atoms with van der Waals surface area (Å²) in [6.07, 6.45) is 1.38. The van der Waals surface area contributed by atoms with Gasteiger partial charge in [0.05, 0.1) is 12.7 Å². The number of fused-ring (bicyclic) bond motifs is 2. The average molecular weight is 569 g/mol. The van der Waals surface area contributed by atoms with Gasteiger partial charge in [0.25, 0.3) is 0 Å². The first kappa shape index (κ1) is 25.1. The standard InChI is InChI=1S/C28H23F3N4O4S/c1-38-21-10-20(26(36)37)32-25-23(21)33-27(40-25)35-11-17-14(18(17)12-35)8-9-16-22(34-39-24(16)13-6-7-13)15-4-2-3-5-19(15)28(29,30)31/h2-5,8-10,13-14,17-18H,6-7,11-12H2,1H3,(H,36,37)/b9-8+. The van der Waals surface area contributed by atoms with Gasteiger partial charge in [-0.1, -0.05) is 46.8 Å². The molecular weight excluding hydrogens is 545 g/mol. The molecule has 40 heavy (non-hydrogen) atoms. The Hall–Kier alpha value is -3.93. The van der Waals surface area contributed by atoms with Crippen molar-refractivity contribution in [3.05, 3.63) is 59.0 Å². The summed E-state index contributed by atoms with van der Waals surface area (Å²) in [7, 11) is 1.47. The van der Waals surface area contributed by atoms with Gasteiger partial charge in [-0.25, -0.2) is 14.8 Å². The molecule has 206 valence electrons. The van der Waals surface area contributed by atoms with Gasteiger partial charge in [-0.2, -0.15) is 13.2 Å². The number of pyridine rings is 1. The first-order valence-electron chi connectivity index (χ1n) is 12.9. The Bertz CT molecular complexity index is 1660. The second-order valence-electron chi connectivity index (χ2n) is 10.5. The minimum Gasteiger partial charge on any atom is -0.494 e. The number of benzene rings is 1. The number of nitrogens with zero attached hydrogens (tertiary/aromatic N) is 4. The largest absolute Gasteiger partial charge is 0.494 e. The number of aromatic nitrogens is 3. The first-order chi connectivity index (χ1) is 19.2. The van der Waals surface area contributed by atoms with Gasteiger partial charge < -0.3 is 19.3 Å². The van der Waals surface area contributed by atoms with E-state index in [1.165, 1.54) is 36.6 Å². The van der Waals surface area contributed by atoms with Crippen LogP contribution in [-0.4, -0.2) is 46.4 Å². The third-order valence-corrected chi connectivity index (χ3v) is 8.98. The molecular formula is C28H23F3N4O4S. The molecule has 2 atom stereocenters. The molecule has 0 bridgehead atoms. The highest BCUT2D eigenvalue weighted by Crippen LogP contribution is 2.55. The highest BCUT2D eigenvalue weighted by molar-refractivity contribution is 7.21. The summed E-state index contributed by atoms with van der Waals surface area (Å²) in [6, 6.07) is 6.85. The quantitative estimate of drug-likeness (QED) is 0.275. The van der Waals surface area contributed by atoms with E-state index in [9.17, 15) is 23.1 Å². The summed E-state index contributed by atoms with van der Waals surface area (Å²) in [6.45, 7) is 1.55. The Morgan fingerprint density at radius 1 is 1.20 bits per heavy atom. The number of carboxylic acids is 1. The third-order valence-electron chi connectivity index (χ3n) is 7.97. The van der Waals surface area contributed by atoms with E-state index in [2.05, 4.69) is 26.1 Å². The molecule has 3 aliphatic rings. The number of thiazole rings is 1. The monoisotopic (exact) mass is 568 g/mol. The van der Waals surface area contributed by atoms with Gasteiger partial charge in [-0.15, -0.1) is 0 Å². The lowest BCUT2D eigenvalue weighted by atomic mass is 9.98. The number of methoxy groups -OCH3 is 1. The van der Waals surface area contributed by atoms with Crippen LogP contribution in [0.3, 0.4) is 0 Å². The molecule has 1 saturated heterocycles. The summed E-state index contributed by atoms with van der Waals surface area (Å²) >= 11 is 1.34. The van der Waals surface area contributed by atoms with E-state index < -0.39 is 17.7 Å². The average Bonchev–Trinajstić information content (AvgIpc) is 3.68. The fourth-order valence-corrected chi connectivity index (χ4v) is 6.71. The zero-order chi connectivity index (χ0) is 27.8. The molecule has 7 rings (SSSR count). The van der Waals surface area contributed by atoms with Crippen molar-refractivity contribution in [3.63, 3.8) is 0 Å². The third kappa shape index (κ3) is 4.21. The minimum absolute atomic E-state index is 0.0263. The number of allylic oxidation sites excluding steroid dienone is 1. The molecule has 4 aromatic rings. The van der Waals surface area contributed by atoms with Crippen molar-refractivity contribution in [1.82, 2.24) is 15.1 Å². The Balaban J connectivity index is 1.12. The molecule has 0 spiro atoms. The number of halogens is 3. The number of ether oxygens (including phenoxy) is 1. The second kappa shape index (κ2) is 9.05. The van der Waals surface area contributed by atoms with E-state index in [1.54, 1.807) is 6.07 Å². The van der Waals surface area contributed by atoms with Crippen LogP contribution in [0.15, 0.2) is 40.9 Å². The zero-order valence-electron chi connectivity index (χ0n) is 21.2. The molecule has 4 heterocycles. The van der Waals surface area contributed by atoms with Crippen molar-refractivity contribution in [2.45, 2.75) is 24.9 Å². The lowest BCUT2D eigenvalue weighted by molar-refractivity contribution is -0.137. The number of piperidine rings is 1. The van der Waals surface area contributed by atoms with Gasteiger partial charge in [0.2, 0.25) is 0 Å². The van der Waals surface area contributed by atoms with Crippen LogP contribution in [0.25, 0.3) is 27.7 Å². The highest BCUT2D eigenvalue weighted by Gasteiger charge is 2.54. The van der Waals surface area contributed by atoms with Crippen molar-refractivity contribution in [2.24, 2.45) is 17.8 Å². The summed E-state index contributed by atoms with van der Waals surface area (Å²) in [5.74, 6) is 1.18. The summed E-state index contributed by atoms with van der Waals surface area (Å²) in [5, 5.41) is 14.2. The van der Waals surface area contributed by atoms with E-state index in [1.807, 2.05) is 6.08 Å². The van der Waals surface area contributed by atoms with Crippen LogP contribution in [0.4, 0.5) is 18.3 Å². The second-order valence-corrected chi connectivity index (χ2v) is 11.4. The fourth-order valence-electron chi connectivity index (χ4n) is 5.74. The Kier molecular flexibility index (Phi) is 5.67. The van der Waals surface area contributed by atoms with Gasteiger partial charge in [0, 0.05) is 36.2 Å². The molecule has 0 radical (unpaired) electrons. The van der Waals surface area contributed by atoms with Crippen molar-refractivity contribution in [3.8, 4) is 17.0 Å². The molecule has 0 amide bonds. The van der Waals surface area contributed by atoms with Crippen molar-refractivity contribution < 1.29 is 32.3 Å². The lowest BCUT2D eigenvalue weighted by Gasteiger charge is -2.17. The number of carboxylic acid groups (broad SMARTS) is 1. The summed E-state index contributed by atoms with van der Waals surface area (Å²) in [5.41, 5.74) is 0.617. The van der Waals surface area contributed by atoms with Crippen molar-refractivity contribution in [2.75, 3.05) is 25.1 Å². The normalized spacial score (nSPS) is 22.3. The van der Waals surface area contributed by atoms with Crippen molar-refractivity contribution >= 4 is 38.9 Å². The van der Waals surface area contributed by atoms with Gasteiger partial charge in [-0.3, -0.25) is 0 Å². The Morgan fingerprint density at radius 3 is 2.62 bits per heavy atom. The zero-order valence-corrected chi connectivity index (χ0v) is 22.0. The number of anilines is 1. The maximum absolute atomic E-state index is 13.7. The molecule has 3 aromatic heterocycles. The van der Waals surface area contributed by atoms with Crippen LogP contribution in [0, 0.1) is 17.8 Å². The fraction of sp³-hybridized carbons (Fsp3) is 0.357. The topological polar surface area (TPSA) is 102 Å². The number of carbonyl (C=O) groups is 1. The maximum atomic E-state index is 13.7. The summed E-state index contributed by atoms with van der Waals surface area (Å²) in [4.78, 5) is 23.0. The first-order valence-corrected chi connectivity index (χ1v) is 13.7. The van der Waals surface area contributed by atoms with Crippen LogP contribution in [0.2, 0.25) is 0 Å². The SMILES string of the molecule is COc1cc(C(=O)O)nc2sc(N3CC4C(/C=C/c5c(-c6ccccc6C(F)(F)F)noc5C5CC5)C4C3)nc12. The number of hydrogen-bond acceptors (Lipinski definition) is 8. The molecule has 2 aliphatic carbocycles. The molecule has 12 heteroatoms. The minimum atomic E-state index is -4.50. The molecule has 2 saturated carbocycles. The number of alkyl halides is 3. The van der Waals surface area contributed by atoms with E-state index in [-0.39, 0.29) is 22.9 Å². The van der Waals surface area contributed by atoms with Crippen LogP contribution >= 0.6 is 11.3 Å². The maximum Gasteiger partial charge on any atom is 0.417 e. The molecule has 8 nitrogen and oxygen atoms in total. The molecule has 1 aliphatic heterocycles.